The Labute approximate surface area is 108 Å². The van der Waals surface area contributed by atoms with Gasteiger partial charge in [0.1, 0.15) is 5.82 Å². The first-order valence-electron chi connectivity index (χ1n) is 6.36. The quantitative estimate of drug-likeness (QED) is 0.824. The minimum absolute atomic E-state index is 0.412. The van der Waals surface area contributed by atoms with Gasteiger partial charge in [0.25, 0.3) is 0 Å². The molecular formula is C12H22N4S. The van der Waals surface area contributed by atoms with Crippen LogP contribution in [0.3, 0.4) is 0 Å². The predicted molar refractivity (Wildman–Crippen MR) is 71.8 cm³/mol. The fourth-order valence-corrected chi connectivity index (χ4v) is 3.04. The van der Waals surface area contributed by atoms with Gasteiger partial charge in [-0.3, -0.25) is 5.10 Å². The van der Waals surface area contributed by atoms with Gasteiger partial charge >= 0.3 is 0 Å². The third kappa shape index (κ3) is 2.45. The lowest BCUT2D eigenvalue weighted by Crippen LogP contribution is -2.38. The Hall–Kier alpha value is -0.680. The second-order valence-corrected chi connectivity index (χ2v) is 5.89. The molecular weight excluding hydrogens is 232 g/mol. The highest BCUT2D eigenvalue weighted by Gasteiger charge is 2.28. The van der Waals surface area contributed by atoms with Crippen LogP contribution in [0, 0.1) is 10.7 Å². The Morgan fingerprint density at radius 3 is 2.76 bits per heavy atom. The van der Waals surface area contributed by atoms with Crippen molar-refractivity contribution in [2.45, 2.75) is 39.2 Å². The van der Waals surface area contributed by atoms with Gasteiger partial charge < -0.3 is 9.47 Å². The van der Waals surface area contributed by atoms with Gasteiger partial charge in [0.05, 0.1) is 0 Å². The molecule has 1 aromatic rings. The van der Waals surface area contributed by atoms with Crippen molar-refractivity contribution < 1.29 is 0 Å². The summed E-state index contributed by atoms with van der Waals surface area (Å²) in [6.45, 7) is 8.91. The number of nitrogens with zero attached hydrogens (tertiary/aromatic N) is 3. The molecule has 1 saturated heterocycles. The Bertz CT molecular complexity index is 434. The minimum atomic E-state index is 0.412. The van der Waals surface area contributed by atoms with Crippen LogP contribution >= 0.6 is 12.2 Å². The third-order valence-corrected chi connectivity index (χ3v) is 3.93. The monoisotopic (exact) mass is 254 g/mol. The topological polar surface area (TPSA) is 36.9 Å². The van der Waals surface area contributed by atoms with Crippen molar-refractivity contribution in [1.82, 2.24) is 19.7 Å². The molecule has 0 amide bonds. The molecule has 0 saturated carbocycles. The van der Waals surface area contributed by atoms with Crippen LogP contribution in [-0.4, -0.2) is 39.8 Å². The first kappa shape index (κ1) is 12.8. The Morgan fingerprint density at radius 2 is 2.18 bits per heavy atom. The van der Waals surface area contributed by atoms with E-state index in [4.69, 9.17) is 12.2 Å². The van der Waals surface area contributed by atoms with Gasteiger partial charge in [-0.1, -0.05) is 20.8 Å². The number of hydrogen-bond donors (Lipinski definition) is 1. The zero-order valence-electron chi connectivity index (χ0n) is 11.1. The van der Waals surface area contributed by atoms with E-state index in [0.717, 1.165) is 30.1 Å². The maximum atomic E-state index is 5.39. The van der Waals surface area contributed by atoms with Crippen LogP contribution in [0.25, 0.3) is 0 Å². The molecule has 0 aromatic carbocycles. The van der Waals surface area contributed by atoms with E-state index < -0.39 is 0 Å². The van der Waals surface area contributed by atoms with Crippen LogP contribution < -0.4 is 0 Å². The summed E-state index contributed by atoms with van der Waals surface area (Å²) in [6, 6.07) is 0.495. The van der Waals surface area contributed by atoms with Crippen molar-refractivity contribution in [3.8, 4) is 0 Å². The maximum Gasteiger partial charge on any atom is 0.195 e. The molecule has 5 heteroatoms. The fourth-order valence-electron chi connectivity index (χ4n) is 2.77. The molecule has 1 aliphatic heterocycles. The lowest BCUT2D eigenvalue weighted by Gasteiger charge is -2.36. The molecule has 2 unspecified atom stereocenters. The zero-order valence-corrected chi connectivity index (χ0v) is 11.9. The second-order valence-electron chi connectivity index (χ2n) is 5.51. The standard InChI is InChI=1S/C12H22N4S/c1-8(2)11-13-14-12(17)16(11)10-5-6-15(4)7-9(10)3/h8-10H,5-7H2,1-4H3,(H,14,17). The van der Waals surface area contributed by atoms with Gasteiger partial charge in [-0.05, 0) is 38.1 Å². The van der Waals surface area contributed by atoms with Crippen molar-refractivity contribution >= 4 is 12.2 Å². The number of H-pyrrole nitrogens is 1. The van der Waals surface area contributed by atoms with Gasteiger partial charge in [-0.15, -0.1) is 0 Å². The number of aromatic nitrogens is 3. The minimum Gasteiger partial charge on any atom is -0.306 e. The molecule has 1 fully saturated rings. The van der Waals surface area contributed by atoms with Crippen molar-refractivity contribution in [1.29, 1.82) is 0 Å². The average Bonchev–Trinajstić information content (AvgIpc) is 2.60. The molecule has 1 aromatic heterocycles. The van der Waals surface area contributed by atoms with Crippen molar-refractivity contribution in [2.24, 2.45) is 5.92 Å². The highest BCUT2D eigenvalue weighted by Crippen LogP contribution is 2.30. The molecule has 2 rings (SSSR count). The number of aromatic amines is 1. The van der Waals surface area contributed by atoms with Gasteiger partial charge in [0.15, 0.2) is 4.77 Å². The van der Waals surface area contributed by atoms with E-state index in [-0.39, 0.29) is 0 Å². The summed E-state index contributed by atoms with van der Waals surface area (Å²) in [5.74, 6) is 2.13. The van der Waals surface area contributed by atoms with E-state index in [0.29, 0.717) is 17.9 Å². The normalized spacial score (nSPS) is 26.6. The number of rotatable bonds is 2. The van der Waals surface area contributed by atoms with Crippen molar-refractivity contribution in [3.63, 3.8) is 0 Å². The van der Waals surface area contributed by atoms with Gasteiger partial charge in [-0.25, -0.2) is 0 Å². The van der Waals surface area contributed by atoms with E-state index >= 15 is 0 Å². The Kier molecular flexibility index (Phi) is 3.68. The number of piperidine rings is 1. The zero-order chi connectivity index (χ0) is 12.6. The SMILES string of the molecule is CC(C)c1n[nH]c(=S)n1C1CCN(C)CC1C. The number of hydrogen-bond acceptors (Lipinski definition) is 3. The first-order chi connectivity index (χ1) is 8.00. The van der Waals surface area contributed by atoms with Gasteiger partial charge in [-0.2, -0.15) is 5.10 Å². The van der Waals surface area contributed by atoms with Gasteiger partial charge in [0.2, 0.25) is 0 Å². The number of nitrogens with one attached hydrogen (secondary N) is 1. The van der Waals surface area contributed by atoms with Gasteiger partial charge in [0, 0.05) is 18.5 Å². The highest BCUT2D eigenvalue weighted by molar-refractivity contribution is 7.71. The largest absolute Gasteiger partial charge is 0.306 e. The summed E-state index contributed by atoms with van der Waals surface area (Å²) in [4.78, 5) is 2.39. The van der Waals surface area contributed by atoms with E-state index in [1.165, 1.54) is 0 Å². The van der Waals surface area contributed by atoms with Crippen LogP contribution in [0.1, 0.15) is 45.0 Å². The predicted octanol–water partition coefficient (Wildman–Crippen LogP) is 2.58. The van der Waals surface area contributed by atoms with E-state index in [2.05, 4.69) is 47.5 Å². The first-order valence-corrected chi connectivity index (χ1v) is 6.77. The lowest BCUT2D eigenvalue weighted by molar-refractivity contribution is 0.155. The lowest BCUT2D eigenvalue weighted by atomic mass is 9.93. The van der Waals surface area contributed by atoms with E-state index in [1.54, 1.807) is 0 Å². The summed E-state index contributed by atoms with van der Waals surface area (Å²) < 4.78 is 3.02. The molecule has 1 aliphatic rings. The van der Waals surface area contributed by atoms with Crippen LogP contribution in [0.5, 0.6) is 0 Å². The highest BCUT2D eigenvalue weighted by atomic mass is 32.1. The van der Waals surface area contributed by atoms with Crippen LogP contribution in [0.2, 0.25) is 0 Å². The molecule has 4 nitrogen and oxygen atoms in total. The molecule has 0 spiro atoms. The van der Waals surface area contributed by atoms with Crippen LogP contribution in [-0.2, 0) is 0 Å². The summed E-state index contributed by atoms with van der Waals surface area (Å²) in [5.41, 5.74) is 0. The summed E-state index contributed by atoms with van der Waals surface area (Å²) in [7, 11) is 2.19. The van der Waals surface area contributed by atoms with E-state index in [1.807, 2.05) is 0 Å². The van der Waals surface area contributed by atoms with Crippen molar-refractivity contribution in [2.75, 3.05) is 20.1 Å². The van der Waals surface area contributed by atoms with E-state index in [9.17, 15) is 0 Å². The smallest absolute Gasteiger partial charge is 0.195 e. The molecule has 0 bridgehead atoms. The average molecular weight is 254 g/mol. The molecule has 2 heterocycles. The molecule has 96 valence electrons. The molecule has 1 N–H and O–H groups in total. The summed E-state index contributed by atoms with van der Waals surface area (Å²) >= 11 is 5.39. The Balaban J connectivity index is 2.33. The maximum absolute atomic E-state index is 5.39. The van der Waals surface area contributed by atoms with Crippen LogP contribution in [0.4, 0.5) is 0 Å². The molecule has 0 aliphatic carbocycles. The molecule has 0 radical (unpaired) electrons. The second kappa shape index (κ2) is 4.90. The Morgan fingerprint density at radius 1 is 1.47 bits per heavy atom. The molecule has 17 heavy (non-hydrogen) atoms. The fraction of sp³-hybridized carbons (Fsp3) is 0.833. The molecule has 2 atom stereocenters. The van der Waals surface area contributed by atoms with Crippen molar-refractivity contribution in [3.05, 3.63) is 10.6 Å². The number of likely N-dealkylation sites (tertiary alicyclic amines) is 1. The van der Waals surface area contributed by atoms with Crippen LogP contribution in [0.15, 0.2) is 0 Å². The summed E-state index contributed by atoms with van der Waals surface area (Å²) in [6.07, 6.45) is 1.16. The third-order valence-electron chi connectivity index (χ3n) is 3.64. The summed E-state index contributed by atoms with van der Waals surface area (Å²) in [5, 5.41) is 7.33.